The van der Waals surface area contributed by atoms with E-state index in [0.717, 1.165) is 58.3 Å². The third-order valence-corrected chi connectivity index (χ3v) is 16.2. The second-order valence-electron chi connectivity index (χ2n) is 15.2. The molecule has 4 heterocycles. The van der Waals surface area contributed by atoms with Crippen LogP contribution in [0, 0.1) is 35.5 Å². The fraction of sp³-hybridized carbons (Fsp3) is 1.00. The summed E-state index contributed by atoms with van der Waals surface area (Å²) in [5, 5.41) is 9.72. The average molecular weight is 587 g/mol. The van der Waals surface area contributed by atoms with Crippen LogP contribution in [0.2, 0.25) is 0 Å². The molecule has 0 amide bonds. The molecule has 4 saturated carbocycles. The van der Waals surface area contributed by atoms with Crippen LogP contribution in [0.15, 0.2) is 0 Å². The second-order valence-corrected chi connectivity index (χ2v) is 17.8. The molecule has 0 bridgehead atoms. The lowest BCUT2D eigenvalue weighted by molar-refractivity contribution is -0.141. The van der Waals surface area contributed by atoms with Crippen molar-refractivity contribution in [2.24, 2.45) is 35.5 Å². The molecule has 226 valence electrons. The molecule has 4 nitrogen and oxygen atoms in total. The molecule has 8 fully saturated rings. The van der Waals surface area contributed by atoms with Crippen LogP contribution in [0.5, 0.6) is 0 Å². The van der Waals surface area contributed by atoms with Gasteiger partial charge >= 0.3 is 0 Å². The predicted octanol–water partition coefficient (Wildman–Crippen LogP) is 7.11. The zero-order valence-corrected chi connectivity index (χ0v) is 26.8. The van der Waals surface area contributed by atoms with Gasteiger partial charge in [0, 0.05) is 12.1 Å². The van der Waals surface area contributed by atoms with Gasteiger partial charge in [0.05, 0.1) is 23.1 Å². The van der Waals surface area contributed by atoms with E-state index < -0.39 is 0 Å². The van der Waals surface area contributed by atoms with E-state index in [1.54, 1.807) is 38.5 Å². The van der Waals surface area contributed by atoms with Crippen molar-refractivity contribution in [2.75, 3.05) is 24.6 Å². The largest absolute Gasteiger partial charge is 0.302 e. The van der Waals surface area contributed by atoms with E-state index in [-0.39, 0.29) is 0 Å². The summed E-state index contributed by atoms with van der Waals surface area (Å²) in [4.78, 5) is 6.32. The quantitative estimate of drug-likeness (QED) is 0.345. The standard InChI is InChI=1S/C34H58N4S2/c1-3-19-35-29(7-1)37(31-9-5-21-39-31)27-17-13-23-12-16-26-28(18-14-24-11-15-25(27)33(23)34(24)26)38(32-10-6-22-40-32)30-8-2-4-20-36-30/h23-36H,1-22H2. The summed E-state index contributed by atoms with van der Waals surface area (Å²) in [7, 11) is 0. The van der Waals surface area contributed by atoms with Crippen LogP contribution in [0.4, 0.5) is 0 Å². The molecular formula is C34H58N4S2. The number of rotatable bonds is 6. The van der Waals surface area contributed by atoms with Gasteiger partial charge in [-0.15, -0.1) is 23.5 Å². The summed E-state index contributed by atoms with van der Waals surface area (Å²) in [6.07, 6.45) is 27.9. The topological polar surface area (TPSA) is 30.5 Å². The van der Waals surface area contributed by atoms with Gasteiger partial charge in [-0.05, 0) is 176 Å². The molecule has 6 heteroatoms. The van der Waals surface area contributed by atoms with Crippen LogP contribution in [0.1, 0.15) is 116 Å². The van der Waals surface area contributed by atoms with Gasteiger partial charge in [0.2, 0.25) is 0 Å². The number of thioether (sulfide) groups is 2. The lowest BCUT2D eigenvalue weighted by Gasteiger charge is -2.64. The van der Waals surface area contributed by atoms with E-state index in [4.69, 9.17) is 0 Å². The van der Waals surface area contributed by atoms with E-state index in [9.17, 15) is 0 Å². The highest BCUT2D eigenvalue weighted by atomic mass is 32.2. The minimum Gasteiger partial charge on any atom is -0.302 e. The van der Waals surface area contributed by atoms with Crippen molar-refractivity contribution < 1.29 is 0 Å². The first-order chi connectivity index (χ1) is 19.9. The van der Waals surface area contributed by atoms with Gasteiger partial charge in [-0.2, -0.15) is 0 Å². The van der Waals surface area contributed by atoms with Crippen molar-refractivity contribution in [3.63, 3.8) is 0 Å². The zero-order chi connectivity index (χ0) is 26.5. The average Bonchev–Trinajstić information content (AvgIpc) is 3.74. The Labute approximate surface area is 254 Å². The van der Waals surface area contributed by atoms with E-state index in [0.29, 0.717) is 12.3 Å². The highest BCUT2D eigenvalue weighted by molar-refractivity contribution is 8.00. The molecule has 0 aromatic heterocycles. The zero-order valence-electron chi connectivity index (χ0n) is 25.2. The lowest BCUT2D eigenvalue weighted by atomic mass is 9.46. The van der Waals surface area contributed by atoms with Crippen molar-refractivity contribution in [1.29, 1.82) is 0 Å². The summed E-state index contributed by atoms with van der Waals surface area (Å²) in [5.41, 5.74) is 0. The highest BCUT2D eigenvalue weighted by Crippen LogP contribution is 2.62. The number of hydrogen-bond acceptors (Lipinski definition) is 6. The van der Waals surface area contributed by atoms with Crippen LogP contribution in [-0.2, 0) is 0 Å². The Hall–Kier alpha value is 0.540. The summed E-state index contributed by atoms with van der Waals surface area (Å²) in [6.45, 7) is 2.50. The molecule has 0 aromatic carbocycles. The first-order valence-electron chi connectivity index (χ1n) is 18.1. The Morgan fingerprint density at radius 3 is 1.32 bits per heavy atom. The molecular weight excluding hydrogens is 529 g/mol. The minimum absolute atomic E-state index is 0.661. The molecule has 40 heavy (non-hydrogen) atoms. The van der Waals surface area contributed by atoms with E-state index in [1.807, 2.05) is 0 Å². The Kier molecular flexibility index (Phi) is 8.76. The number of hydrogen-bond donors (Lipinski definition) is 2. The molecule has 0 aromatic rings. The molecule has 4 saturated heterocycles. The van der Waals surface area contributed by atoms with Crippen LogP contribution in [-0.4, -0.2) is 69.6 Å². The molecule has 0 radical (unpaired) electrons. The Morgan fingerprint density at radius 1 is 0.450 bits per heavy atom. The normalized spacial score (nSPS) is 49.4. The van der Waals surface area contributed by atoms with Crippen molar-refractivity contribution in [1.82, 2.24) is 20.4 Å². The van der Waals surface area contributed by atoms with Crippen LogP contribution in [0.25, 0.3) is 0 Å². The minimum atomic E-state index is 0.661. The Bertz CT molecular complexity index is 766. The van der Waals surface area contributed by atoms with E-state index in [2.05, 4.69) is 44.0 Å². The molecule has 12 atom stereocenters. The van der Waals surface area contributed by atoms with Gasteiger partial charge in [0.25, 0.3) is 0 Å². The van der Waals surface area contributed by atoms with Crippen LogP contribution in [0.3, 0.4) is 0 Å². The first-order valence-corrected chi connectivity index (χ1v) is 20.2. The summed E-state index contributed by atoms with van der Waals surface area (Å²) in [5.74, 6) is 8.92. The van der Waals surface area contributed by atoms with E-state index >= 15 is 0 Å². The monoisotopic (exact) mass is 586 g/mol. The maximum atomic E-state index is 4.07. The summed E-state index contributed by atoms with van der Waals surface area (Å²) >= 11 is 4.64. The van der Waals surface area contributed by atoms with Gasteiger partial charge in [0.15, 0.2) is 0 Å². The van der Waals surface area contributed by atoms with Crippen molar-refractivity contribution in [2.45, 2.75) is 151 Å². The van der Waals surface area contributed by atoms with Crippen LogP contribution >= 0.6 is 23.5 Å². The van der Waals surface area contributed by atoms with Crippen LogP contribution < -0.4 is 10.6 Å². The van der Waals surface area contributed by atoms with E-state index in [1.165, 1.54) is 102 Å². The Morgan fingerprint density at radius 2 is 0.925 bits per heavy atom. The van der Waals surface area contributed by atoms with Gasteiger partial charge in [-0.3, -0.25) is 9.80 Å². The van der Waals surface area contributed by atoms with Gasteiger partial charge < -0.3 is 10.6 Å². The van der Waals surface area contributed by atoms with Crippen molar-refractivity contribution in [3.8, 4) is 0 Å². The lowest BCUT2D eigenvalue weighted by Crippen LogP contribution is -2.65. The number of nitrogens with one attached hydrogen (secondary N) is 2. The highest BCUT2D eigenvalue weighted by Gasteiger charge is 2.58. The molecule has 8 aliphatic rings. The molecule has 8 rings (SSSR count). The van der Waals surface area contributed by atoms with Gasteiger partial charge in [0.1, 0.15) is 0 Å². The second kappa shape index (κ2) is 12.5. The first kappa shape index (κ1) is 28.0. The van der Waals surface area contributed by atoms with Crippen molar-refractivity contribution >= 4 is 23.5 Å². The fourth-order valence-corrected chi connectivity index (χ4v) is 14.9. The molecule has 2 N–H and O–H groups in total. The Balaban J connectivity index is 1.08. The maximum Gasteiger partial charge on any atom is 0.0609 e. The third-order valence-electron chi connectivity index (χ3n) is 13.4. The predicted molar refractivity (Wildman–Crippen MR) is 171 cm³/mol. The summed E-state index contributed by atoms with van der Waals surface area (Å²) in [6, 6.07) is 1.71. The molecule has 4 aliphatic heterocycles. The smallest absolute Gasteiger partial charge is 0.0609 e. The van der Waals surface area contributed by atoms with Gasteiger partial charge in [-0.1, -0.05) is 0 Å². The summed E-state index contributed by atoms with van der Waals surface area (Å²) < 4.78 is 0. The fourth-order valence-electron chi connectivity index (χ4n) is 12.0. The molecule has 0 spiro atoms. The van der Waals surface area contributed by atoms with Crippen molar-refractivity contribution in [3.05, 3.63) is 0 Å². The maximum absolute atomic E-state index is 4.07. The number of nitrogens with zero attached hydrogens (tertiary/aromatic N) is 2. The molecule has 4 aliphatic carbocycles. The SMILES string of the molecule is C1CCC(N(C2CCCS2)C2CCC3CCC4C5C(CCC2C35)CCC4N(C2CCCCN2)C2CCCS2)NC1. The molecule has 12 unspecified atom stereocenters. The third kappa shape index (κ3) is 5.17. The number of piperidine rings is 2. The van der Waals surface area contributed by atoms with Gasteiger partial charge in [-0.25, -0.2) is 0 Å².